The van der Waals surface area contributed by atoms with Gasteiger partial charge in [-0.3, -0.25) is 0 Å². The monoisotopic (exact) mass is 251 g/mol. The molecule has 0 aliphatic carbocycles. The van der Waals surface area contributed by atoms with Gasteiger partial charge < -0.3 is 20.3 Å². The Kier molecular flexibility index (Phi) is 3.86. The van der Waals surface area contributed by atoms with Crippen molar-refractivity contribution in [1.29, 1.82) is 0 Å². The van der Waals surface area contributed by atoms with Crippen LogP contribution >= 0.6 is 0 Å². The number of aromatic nitrogens is 2. The molecule has 1 aliphatic heterocycles. The summed E-state index contributed by atoms with van der Waals surface area (Å²) in [4.78, 5) is 12.8. The molecule has 1 atom stereocenters. The second-order valence-electron chi connectivity index (χ2n) is 4.87. The van der Waals surface area contributed by atoms with Gasteiger partial charge >= 0.3 is 0 Å². The Morgan fingerprint density at radius 1 is 1.50 bits per heavy atom. The van der Waals surface area contributed by atoms with Crippen molar-refractivity contribution in [1.82, 2.24) is 14.9 Å². The maximum atomic E-state index is 5.83. The number of hydrogen-bond acceptors (Lipinski definition) is 6. The first-order valence-electron chi connectivity index (χ1n) is 6.19. The number of anilines is 2. The second-order valence-corrected chi connectivity index (χ2v) is 4.87. The van der Waals surface area contributed by atoms with Crippen molar-refractivity contribution in [3.8, 4) is 5.75 Å². The molecule has 2 rings (SSSR count). The Balaban J connectivity index is 2.27. The van der Waals surface area contributed by atoms with E-state index in [9.17, 15) is 0 Å². The number of nitrogen functional groups attached to an aromatic ring is 1. The Labute approximate surface area is 108 Å². The molecule has 1 aliphatic rings. The van der Waals surface area contributed by atoms with Crippen LogP contribution in [0.2, 0.25) is 0 Å². The molecule has 0 amide bonds. The molecule has 100 valence electrons. The lowest BCUT2D eigenvalue weighted by atomic mass is 10.2. The molecule has 2 heterocycles. The number of likely N-dealkylation sites (N-methyl/N-ethyl adjacent to an activating group) is 1. The standard InChI is InChI=1S/C12H21N5O/c1-16(2)7-9-5-4-6-17(9)12-10(18-3)11(13)14-8-15-12/h8-9H,4-7H2,1-3H3,(H2,13,14,15). The van der Waals surface area contributed by atoms with Gasteiger partial charge in [-0.15, -0.1) is 0 Å². The Morgan fingerprint density at radius 2 is 2.28 bits per heavy atom. The lowest BCUT2D eigenvalue weighted by Gasteiger charge is -2.29. The number of hydrogen-bond donors (Lipinski definition) is 1. The molecule has 6 nitrogen and oxygen atoms in total. The van der Waals surface area contributed by atoms with E-state index in [-0.39, 0.29) is 0 Å². The largest absolute Gasteiger partial charge is 0.490 e. The molecule has 1 aromatic rings. The van der Waals surface area contributed by atoms with Gasteiger partial charge in [-0.2, -0.15) is 0 Å². The highest BCUT2D eigenvalue weighted by Crippen LogP contribution is 2.34. The van der Waals surface area contributed by atoms with Crippen molar-refractivity contribution < 1.29 is 4.74 Å². The highest BCUT2D eigenvalue weighted by molar-refractivity contribution is 5.63. The summed E-state index contributed by atoms with van der Waals surface area (Å²) in [6.45, 7) is 2.00. The molecule has 1 aromatic heterocycles. The van der Waals surface area contributed by atoms with Gasteiger partial charge in [0.15, 0.2) is 11.6 Å². The molecule has 0 bridgehead atoms. The topological polar surface area (TPSA) is 67.5 Å². The van der Waals surface area contributed by atoms with Crippen LogP contribution in [0.3, 0.4) is 0 Å². The number of methoxy groups -OCH3 is 1. The molecule has 1 unspecified atom stereocenters. The third-order valence-electron chi connectivity index (χ3n) is 3.24. The first-order chi connectivity index (χ1) is 8.63. The lowest BCUT2D eigenvalue weighted by Crippen LogP contribution is -2.38. The SMILES string of the molecule is COc1c(N)ncnc1N1CCCC1CN(C)C. The molecule has 0 saturated carbocycles. The fourth-order valence-electron chi connectivity index (χ4n) is 2.50. The zero-order valence-electron chi connectivity index (χ0n) is 11.3. The summed E-state index contributed by atoms with van der Waals surface area (Å²) >= 11 is 0. The first kappa shape index (κ1) is 12.9. The van der Waals surface area contributed by atoms with Gasteiger partial charge in [0.2, 0.25) is 5.75 Å². The molecule has 1 saturated heterocycles. The highest BCUT2D eigenvalue weighted by Gasteiger charge is 2.29. The Hall–Kier alpha value is -1.56. The molecule has 18 heavy (non-hydrogen) atoms. The summed E-state index contributed by atoms with van der Waals surface area (Å²) in [5.41, 5.74) is 5.83. The summed E-state index contributed by atoms with van der Waals surface area (Å²) in [7, 11) is 5.78. The minimum Gasteiger partial charge on any atom is -0.490 e. The second kappa shape index (κ2) is 5.39. The molecular formula is C12H21N5O. The molecule has 0 spiro atoms. The van der Waals surface area contributed by atoms with Crippen molar-refractivity contribution in [3.63, 3.8) is 0 Å². The van der Waals surface area contributed by atoms with E-state index < -0.39 is 0 Å². The summed E-state index contributed by atoms with van der Waals surface area (Å²) in [6.07, 6.45) is 3.84. The van der Waals surface area contributed by atoms with Crippen LogP contribution in [0.4, 0.5) is 11.6 Å². The van der Waals surface area contributed by atoms with Crippen LogP contribution in [0.5, 0.6) is 5.75 Å². The molecule has 6 heteroatoms. The quantitative estimate of drug-likeness (QED) is 0.845. The lowest BCUT2D eigenvalue weighted by molar-refractivity contribution is 0.368. The van der Waals surface area contributed by atoms with Crippen molar-refractivity contribution in [2.45, 2.75) is 18.9 Å². The van der Waals surface area contributed by atoms with Crippen molar-refractivity contribution in [2.75, 3.05) is 44.9 Å². The number of ether oxygens (including phenoxy) is 1. The normalized spacial score (nSPS) is 19.6. The minimum atomic E-state index is 0.401. The average Bonchev–Trinajstić information content (AvgIpc) is 2.75. The van der Waals surface area contributed by atoms with Gasteiger partial charge in [-0.05, 0) is 26.9 Å². The van der Waals surface area contributed by atoms with Crippen LogP contribution in [0.15, 0.2) is 6.33 Å². The number of nitrogens with zero attached hydrogens (tertiary/aromatic N) is 4. The van der Waals surface area contributed by atoms with Gasteiger partial charge in [0.05, 0.1) is 7.11 Å². The minimum absolute atomic E-state index is 0.401. The Morgan fingerprint density at radius 3 is 2.94 bits per heavy atom. The molecule has 0 radical (unpaired) electrons. The fourth-order valence-corrected chi connectivity index (χ4v) is 2.50. The van der Waals surface area contributed by atoms with Crippen LogP contribution in [0.25, 0.3) is 0 Å². The summed E-state index contributed by atoms with van der Waals surface area (Å²) < 4.78 is 5.34. The van der Waals surface area contributed by atoms with E-state index in [2.05, 4.69) is 33.9 Å². The predicted octanol–water partition coefficient (Wildman–Crippen LogP) is 0.598. The van der Waals surface area contributed by atoms with E-state index in [0.717, 1.165) is 18.9 Å². The zero-order valence-corrected chi connectivity index (χ0v) is 11.3. The van der Waals surface area contributed by atoms with Crippen LogP contribution in [-0.4, -0.2) is 55.2 Å². The van der Waals surface area contributed by atoms with E-state index in [1.165, 1.54) is 19.2 Å². The molecule has 0 aromatic carbocycles. The zero-order chi connectivity index (χ0) is 13.1. The molecular weight excluding hydrogens is 230 g/mol. The van der Waals surface area contributed by atoms with E-state index >= 15 is 0 Å². The summed E-state index contributed by atoms with van der Waals surface area (Å²) in [5.74, 6) is 1.80. The van der Waals surface area contributed by atoms with E-state index in [1.54, 1.807) is 7.11 Å². The average molecular weight is 251 g/mol. The molecule has 2 N–H and O–H groups in total. The smallest absolute Gasteiger partial charge is 0.204 e. The van der Waals surface area contributed by atoms with Gasteiger partial charge in [-0.25, -0.2) is 9.97 Å². The van der Waals surface area contributed by atoms with Crippen molar-refractivity contribution in [2.24, 2.45) is 0 Å². The van der Waals surface area contributed by atoms with Gasteiger partial charge in [0.25, 0.3) is 0 Å². The maximum absolute atomic E-state index is 5.83. The van der Waals surface area contributed by atoms with E-state index in [4.69, 9.17) is 10.5 Å². The van der Waals surface area contributed by atoms with Crippen molar-refractivity contribution in [3.05, 3.63) is 6.33 Å². The van der Waals surface area contributed by atoms with Gasteiger partial charge in [0.1, 0.15) is 6.33 Å². The van der Waals surface area contributed by atoms with Crippen LogP contribution in [-0.2, 0) is 0 Å². The van der Waals surface area contributed by atoms with E-state index in [1.807, 2.05) is 0 Å². The predicted molar refractivity (Wildman–Crippen MR) is 71.9 cm³/mol. The van der Waals surface area contributed by atoms with Gasteiger partial charge in [-0.1, -0.05) is 0 Å². The fraction of sp³-hybridized carbons (Fsp3) is 0.667. The number of nitrogens with two attached hydrogens (primary N) is 1. The third-order valence-corrected chi connectivity index (χ3v) is 3.24. The first-order valence-corrected chi connectivity index (χ1v) is 6.19. The summed E-state index contributed by atoms with van der Waals surface area (Å²) in [6, 6.07) is 0.461. The van der Waals surface area contributed by atoms with Crippen LogP contribution in [0.1, 0.15) is 12.8 Å². The highest BCUT2D eigenvalue weighted by atomic mass is 16.5. The van der Waals surface area contributed by atoms with E-state index in [0.29, 0.717) is 17.6 Å². The van der Waals surface area contributed by atoms with Crippen molar-refractivity contribution >= 4 is 11.6 Å². The number of rotatable bonds is 4. The molecule has 1 fully saturated rings. The van der Waals surface area contributed by atoms with Gasteiger partial charge in [0, 0.05) is 19.1 Å². The maximum Gasteiger partial charge on any atom is 0.204 e. The van der Waals surface area contributed by atoms with Crippen LogP contribution in [0, 0.1) is 0 Å². The third kappa shape index (κ3) is 2.48. The summed E-state index contributed by atoms with van der Waals surface area (Å²) in [5, 5.41) is 0. The Bertz CT molecular complexity index is 409. The van der Waals surface area contributed by atoms with Crippen LogP contribution < -0.4 is 15.4 Å².